The van der Waals surface area contributed by atoms with Crippen LogP contribution in [-0.4, -0.2) is 24.4 Å². The molecule has 0 spiro atoms. The molecular weight excluding hydrogens is 116 g/mol. The van der Waals surface area contributed by atoms with Crippen LogP contribution in [0.15, 0.2) is 0 Å². The van der Waals surface area contributed by atoms with Gasteiger partial charge < -0.3 is 9.84 Å². The van der Waals surface area contributed by atoms with Crippen molar-refractivity contribution in [2.24, 2.45) is 5.92 Å². The molecule has 0 aromatic carbocycles. The molecule has 0 saturated carbocycles. The van der Waals surface area contributed by atoms with Crippen LogP contribution in [-0.2, 0) is 4.74 Å². The summed E-state index contributed by atoms with van der Waals surface area (Å²) in [6.07, 6.45) is 2.55. The van der Waals surface area contributed by atoms with Crippen LogP contribution in [0.3, 0.4) is 0 Å². The van der Waals surface area contributed by atoms with E-state index in [1.54, 1.807) is 0 Å². The first kappa shape index (κ1) is 7.03. The highest BCUT2D eigenvalue weighted by Crippen LogP contribution is 2.20. The fourth-order valence-electron chi connectivity index (χ4n) is 1.19. The third kappa shape index (κ3) is 1.66. The van der Waals surface area contributed by atoms with Crippen LogP contribution in [0.5, 0.6) is 0 Å². The lowest BCUT2D eigenvalue weighted by molar-refractivity contribution is 0.0987. The molecule has 1 N–H and O–H groups in total. The molecular formula is C7H14O2. The van der Waals surface area contributed by atoms with Gasteiger partial charge in [0.05, 0.1) is 12.7 Å². The topological polar surface area (TPSA) is 29.5 Å². The molecule has 1 fully saturated rings. The van der Waals surface area contributed by atoms with Crippen LogP contribution in [0.4, 0.5) is 0 Å². The van der Waals surface area contributed by atoms with Crippen LogP contribution >= 0.6 is 0 Å². The van der Waals surface area contributed by atoms with Gasteiger partial charge in [0.1, 0.15) is 0 Å². The van der Waals surface area contributed by atoms with Crippen molar-refractivity contribution in [3.8, 4) is 0 Å². The predicted molar refractivity (Wildman–Crippen MR) is 35.2 cm³/mol. The Bertz CT molecular complexity index is 73.0. The highest BCUT2D eigenvalue weighted by Gasteiger charge is 2.22. The summed E-state index contributed by atoms with van der Waals surface area (Å²) in [6, 6.07) is 0. The van der Waals surface area contributed by atoms with E-state index in [0.717, 1.165) is 19.4 Å². The molecule has 1 heterocycles. The van der Waals surface area contributed by atoms with Crippen LogP contribution in [0.2, 0.25) is 0 Å². The average molecular weight is 130 g/mol. The van der Waals surface area contributed by atoms with E-state index >= 15 is 0 Å². The highest BCUT2D eigenvalue weighted by molar-refractivity contribution is 4.70. The third-order valence-corrected chi connectivity index (χ3v) is 1.88. The van der Waals surface area contributed by atoms with E-state index in [2.05, 4.69) is 6.92 Å². The van der Waals surface area contributed by atoms with Gasteiger partial charge in [-0.2, -0.15) is 0 Å². The largest absolute Gasteiger partial charge is 0.396 e. The Hall–Kier alpha value is -0.0800. The van der Waals surface area contributed by atoms with Crippen molar-refractivity contribution in [3.63, 3.8) is 0 Å². The Labute approximate surface area is 55.8 Å². The summed E-state index contributed by atoms with van der Waals surface area (Å²) in [4.78, 5) is 0. The molecule has 0 amide bonds. The molecule has 2 atom stereocenters. The van der Waals surface area contributed by atoms with Gasteiger partial charge in [-0.1, -0.05) is 6.92 Å². The van der Waals surface area contributed by atoms with Crippen LogP contribution < -0.4 is 0 Å². The zero-order valence-corrected chi connectivity index (χ0v) is 5.84. The molecule has 1 aliphatic rings. The zero-order valence-electron chi connectivity index (χ0n) is 5.84. The number of hydrogen-bond acceptors (Lipinski definition) is 2. The van der Waals surface area contributed by atoms with Crippen molar-refractivity contribution in [1.29, 1.82) is 0 Å². The fraction of sp³-hybridized carbons (Fsp3) is 1.00. The molecule has 0 aromatic heterocycles. The lowest BCUT2D eigenvalue weighted by atomic mass is 10.1. The van der Waals surface area contributed by atoms with E-state index < -0.39 is 0 Å². The van der Waals surface area contributed by atoms with Gasteiger partial charge >= 0.3 is 0 Å². The van der Waals surface area contributed by atoms with E-state index in [1.807, 2.05) is 0 Å². The van der Waals surface area contributed by atoms with Crippen LogP contribution in [0, 0.1) is 5.92 Å². The van der Waals surface area contributed by atoms with E-state index in [-0.39, 0.29) is 6.61 Å². The summed E-state index contributed by atoms with van der Waals surface area (Å²) in [5, 5.41) is 8.70. The standard InChI is InChI=1S/C7H14O2/c1-2-7-3-6(4-8)5-9-7/h6-8H,2-5H2,1H3. The molecule has 0 radical (unpaired) electrons. The summed E-state index contributed by atoms with van der Waals surface area (Å²) >= 11 is 0. The summed E-state index contributed by atoms with van der Waals surface area (Å²) in [6.45, 7) is 3.16. The first-order valence-corrected chi connectivity index (χ1v) is 3.59. The number of aliphatic hydroxyl groups is 1. The first-order chi connectivity index (χ1) is 4.36. The van der Waals surface area contributed by atoms with Gasteiger partial charge in [0.2, 0.25) is 0 Å². The summed E-state index contributed by atoms with van der Waals surface area (Å²) < 4.78 is 5.35. The molecule has 9 heavy (non-hydrogen) atoms. The SMILES string of the molecule is CCC1CC(CO)CO1. The van der Waals surface area contributed by atoms with Gasteiger partial charge in [0, 0.05) is 12.5 Å². The number of ether oxygens (including phenoxy) is 1. The van der Waals surface area contributed by atoms with Gasteiger partial charge in [-0.15, -0.1) is 0 Å². The second-order valence-corrected chi connectivity index (χ2v) is 2.65. The lowest BCUT2D eigenvalue weighted by Gasteiger charge is -2.02. The van der Waals surface area contributed by atoms with E-state index in [0.29, 0.717) is 12.0 Å². The van der Waals surface area contributed by atoms with E-state index in [4.69, 9.17) is 9.84 Å². The van der Waals surface area contributed by atoms with Gasteiger partial charge in [-0.05, 0) is 12.8 Å². The van der Waals surface area contributed by atoms with Crippen molar-refractivity contribution in [1.82, 2.24) is 0 Å². The maximum atomic E-state index is 8.70. The third-order valence-electron chi connectivity index (χ3n) is 1.88. The first-order valence-electron chi connectivity index (χ1n) is 3.59. The highest BCUT2D eigenvalue weighted by atomic mass is 16.5. The fourth-order valence-corrected chi connectivity index (χ4v) is 1.19. The maximum Gasteiger partial charge on any atom is 0.0577 e. The molecule has 1 aliphatic heterocycles. The second-order valence-electron chi connectivity index (χ2n) is 2.65. The normalized spacial score (nSPS) is 35.3. The van der Waals surface area contributed by atoms with Crippen LogP contribution in [0.1, 0.15) is 19.8 Å². The molecule has 54 valence electrons. The maximum absolute atomic E-state index is 8.70. The smallest absolute Gasteiger partial charge is 0.0577 e. The lowest BCUT2D eigenvalue weighted by Crippen LogP contribution is -2.04. The Morgan fingerprint density at radius 2 is 2.44 bits per heavy atom. The van der Waals surface area contributed by atoms with Gasteiger partial charge in [0.25, 0.3) is 0 Å². The minimum atomic E-state index is 0.288. The number of aliphatic hydroxyl groups excluding tert-OH is 1. The predicted octanol–water partition coefficient (Wildman–Crippen LogP) is 0.794. The zero-order chi connectivity index (χ0) is 6.69. The molecule has 0 bridgehead atoms. The molecule has 0 aliphatic carbocycles. The van der Waals surface area contributed by atoms with Gasteiger partial charge in [0.15, 0.2) is 0 Å². The summed E-state index contributed by atoms with van der Waals surface area (Å²) in [5.41, 5.74) is 0. The Morgan fingerprint density at radius 3 is 2.78 bits per heavy atom. The molecule has 2 heteroatoms. The molecule has 2 nitrogen and oxygen atoms in total. The van der Waals surface area contributed by atoms with Crippen molar-refractivity contribution in [2.75, 3.05) is 13.2 Å². The quantitative estimate of drug-likeness (QED) is 0.599. The molecule has 0 aromatic rings. The van der Waals surface area contributed by atoms with Crippen molar-refractivity contribution >= 4 is 0 Å². The number of rotatable bonds is 2. The van der Waals surface area contributed by atoms with Crippen molar-refractivity contribution in [2.45, 2.75) is 25.9 Å². The Balaban J connectivity index is 2.20. The van der Waals surface area contributed by atoms with Gasteiger partial charge in [-0.3, -0.25) is 0 Å². The average Bonchev–Trinajstić information content (AvgIpc) is 2.34. The molecule has 2 unspecified atom stereocenters. The Kier molecular flexibility index (Phi) is 2.49. The van der Waals surface area contributed by atoms with E-state index in [1.165, 1.54) is 0 Å². The summed E-state index contributed by atoms with van der Waals surface area (Å²) in [7, 11) is 0. The minimum Gasteiger partial charge on any atom is -0.396 e. The molecule has 1 saturated heterocycles. The van der Waals surface area contributed by atoms with Crippen LogP contribution in [0.25, 0.3) is 0 Å². The Morgan fingerprint density at radius 1 is 1.67 bits per heavy atom. The number of hydrogen-bond donors (Lipinski definition) is 1. The summed E-state index contributed by atoms with van der Waals surface area (Å²) in [5.74, 6) is 0.412. The van der Waals surface area contributed by atoms with E-state index in [9.17, 15) is 0 Å². The monoisotopic (exact) mass is 130 g/mol. The van der Waals surface area contributed by atoms with Crippen molar-refractivity contribution < 1.29 is 9.84 Å². The second kappa shape index (κ2) is 3.18. The van der Waals surface area contributed by atoms with Crippen molar-refractivity contribution in [3.05, 3.63) is 0 Å². The minimum absolute atomic E-state index is 0.288. The molecule has 1 rings (SSSR count). The van der Waals surface area contributed by atoms with Gasteiger partial charge in [-0.25, -0.2) is 0 Å².